The molecule has 1 aromatic rings. The summed E-state index contributed by atoms with van der Waals surface area (Å²) in [4.78, 5) is 25.4. The van der Waals surface area contributed by atoms with Crippen LogP contribution in [0.1, 0.15) is 32.3 Å². The summed E-state index contributed by atoms with van der Waals surface area (Å²) in [5, 5.41) is 42.2. The molecule has 10 nitrogen and oxygen atoms in total. The molecule has 0 saturated carbocycles. The minimum absolute atomic E-state index is 0.0787. The molecule has 0 aromatic heterocycles. The number of ether oxygens (including phenoxy) is 2. The molecule has 1 saturated heterocycles. The van der Waals surface area contributed by atoms with Gasteiger partial charge in [-0.25, -0.2) is 4.79 Å². The molecule has 1 fully saturated rings. The second-order valence-electron chi connectivity index (χ2n) is 7.76. The van der Waals surface area contributed by atoms with Crippen LogP contribution in [0, 0.1) is 0 Å². The Morgan fingerprint density at radius 1 is 1.16 bits per heavy atom. The van der Waals surface area contributed by atoms with Crippen LogP contribution in [0.4, 0.5) is 0 Å². The molecule has 7 N–H and O–H groups in total. The summed E-state index contributed by atoms with van der Waals surface area (Å²) in [6, 6.07) is 3.69. The van der Waals surface area contributed by atoms with Crippen molar-refractivity contribution in [1.82, 2.24) is 5.32 Å². The predicted octanol–water partition coefficient (Wildman–Crippen LogP) is -1.04. The fourth-order valence-corrected chi connectivity index (χ4v) is 3.28. The third kappa shape index (κ3) is 6.62. The van der Waals surface area contributed by atoms with E-state index in [0.717, 1.165) is 6.42 Å². The Bertz CT molecular complexity index is 729. The van der Waals surface area contributed by atoms with Gasteiger partial charge >= 0.3 is 5.97 Å². The lowest BCUT2D eigenvalue weighted by Gasteiger charge is -2.42. The van der Waals surface area contributed by atoms with E-state index in [0.29, 0.717) is 12.0 Å². The normalized spacial score (nSPS) is 27.9. The van der Waals surface area contributed by atoms with Gasteiger partial charge in [0.05, 0.1) is 18.8 Å². The standard InChI is InChI=1S/C21H32N2O8/c1-3-4-9-30-21(29)15(19-18(27)17(26)16(25)11(2)31-19)23-20(28)14(22)10-12-5-7-13(24)8-6-12/h5-8,11,14-19,24-27H,3-4,9-10,22H2,1-2H3,(H,23,28)/t11-,14-,15-,16-,17+,18-,19+/m0/s1. The summed E-state index contributed by atoms with van der Waals surface area (Å²) in [6.45, 7) is 3.51. The molecule has 0 radical (unpaired) electrons. The molecule has 0 spiro atoms. The zero-order valence-corrected chi connectivity index (χ0v) is 17.7. The van der Waals surface area contributed by atoms with Crippen LogP contribution in [0.5, 0.6) is 5.75 Å². The summed E-state index contributed by atoms with van der Waals surface area (Å²) in [5.74, 6) is -1.44. The molecule has 1 heterocycles. The minimum atomic E-state index is -1.64. The Morgan fingerprint density at radius 2 is 1.81 bits per heavy atom. The third-order valence-electron chi connectivity index (χ3n) is 5.24. The summed E-state index contributed by atoms with van der Waals surface area (Å²) >= 11 is 0. The highest BCUT2D eigenvalue weighted by molar-refractivity contribution is 5.88. The van der Waals surface area contributed by atoms with Crippen LogP contribution in [-0.4, -0.2) is 81.5 Å². The predicted molar refractivity (Wildman–Crippen MR) is 110 cm³/mol. The van der Waals surface area contributed by atoms with Crippen LogP contribution in [0.2, 0.25) is 0 Å². The van der Waals surface area contributed by atoms with Gasteiger partial charge in [-0.1, -0.05) is 25.5 Å². The van der Waals surface area contributed by atoms with E-state index in [-0.39, 0.29) is 18.8 Å². The molecule has 1 amide bonds. The minimum Gasteiger partial charge on any atom is -0.508 e. The van der Waals surface area contributed by atoms with Gasteiger partial charge in [0.1, 0.15) is 30.2 Å². The quantitative estimate of drug-likeness (QED) is 0.207. The molecule has 2 rings (SSSR count). The molecule has 0 unspecified atom stereocenters. The number of unbranched alkanes of at least 4 members (excludes halogenated alkanes) is 1. The van der Waals surface area contributed by atoms with Gasteiger partial charge in [0.2, 0.25) is 5.91 Å². The summed E-state index contributed by atoms with van der Waals surface area (Å²) in [5.41, 5.74) is 6.68. The average Bonchev–Trinajstić information content (AvgIpc) is 2.74. The SMILES string of the molecule is CCCCOC(=O)[C@@H](NC(=O)[C@@H](N)Cc1ccc(O)cc1)[C@H]1O[C@@H](C)[C@H](O)[C@@H](O)[C@@H]1O. The topological polar surface area (TPSA) is 172 Å². The number of nitrogens with two attached hydrogens (primary N) is 1. The summed E-state index contributed by atoms with van der Waals surface area (Å²) in [6.07, 6.45) is -5.26. The maximum atomic E-state index is 12.7. The van der Waals surface area contributed by atoms with Crippen LogP contribution < -0.4 is 11.1 Å². The van der Waals surface area contributed by atoms with Crippen LogP contribution in [-0.2, 0) is 25.5 Å². The van der Waals surface area contributed by atoms with E-state index in [4.69, 9.17) is 15.2 Å². The molecule has 1 aliphatic heterocycles. The second-order valence-corrected chi connectivity index (χ2v) is 7.76. The number of benzene rings is 1. The number of carbonyl (C=O) groups is 2. The van der Waals surface area contributed by atoms with Gasteiger partial charge in [0.25, 0.3) is 0 Å². The monoisotopic (exact) mass is 440 g/mol. The van der Waals surface area contributed by atoms with Crippen molar-refractivity contribution in [1.29, 1.82) is 0 Å². The maximum Gasteiger partial charge on any atom is 0.331 e. The van der Waals surface area contributed by atoms with Crippen molar-refractivity contribution < 1.29 is 39.5 Å². The Labute approximate surface area is 181 Å². The van der Waals surface area contributed by atoms with Gasteiger partial charge in [0, 0.05) is 0 Å². The lowest BCUT2D eigenvalue weighted by Crippen LogP contribution is -2.65. The van der Waals surface area contributed by atoms with Crippen LogP contribution in [0.15, 0.2) is 24.3 Å². The number of aromatic hydroxyl groups is 1. The highest BCUT2D eigenvalue weighted by Gasteiger charge is 2.48. The maximum absolute atomic E-state index is 12.7. The zero-order chi connectivity index (χ0) is 23.1. The van der Waals surface area contributed by atoms with Crippen molar-refractivity contribution in [2.45, 2.75) is 75.7 Å². The highest BCUT2D eigenvalue weighted by atomic mass is 16.6. The molecular formula is C21H32N2O8. The first kappa shape index (κ1) is 25.0. The molecule has 31 heavy (non-hydrogen) atoms. The Kier molecular flexibility index (Phi) is 9.20. The van der Waals surface area contributed by atoms with Gasteiger partial charge in [0.15, 0.2) is 6.04 Å². The van der Waals surface area contributed by atoms with Gasteiger partial charge in [-0.05, 0) is 37.5 Å². The van der Waals surface area contributed by atoms with Crippen molar-refractivity contribution in [2.24, 2.45) is 5.73 Å². The fourth-order valence-electron chi connectivity index (χ4n) is 3.28. The average molecular weight is 440 g/mol. The first-order valence-electron chi connectivity index (χ1n) is 10.4. The first-order valence-corrected chi connectivity index (χ1v) is 10.4. The van der Waals surface area contributed by atoms with E-state index in [9.17, 15) is 30.0 Å². The van der Waals surface area contributed by atoms with E-state index in [1.165, 1.54) is 19.1 Å². The highest BCUT2D eigenvalue weighted by Crippen LogP contribution is 2.24. The van der Waals surface area contributed by atoms with Crippen molar-refractivity contribution in [3.8, 4) is 5.75 Å². The molecule has 0 bridgehead atoms. The number of rotatable bonds is 9. The number of hydrogen-bond donors (Lipinski definition) is 6. The van der Waals surface area contributed by atoms with Crippen LogP contribution in [0.3, 0.4) is 0 Å². The first-order chi connectivity index (χ1) is 14.6. The number of hydrogen-bond acceptors (Lipinski definition) is 9. The number of phenolic OH excluding ortho intramolecular Hbond substituents is 1. The largest absolute Gasteiger partial charge is 0.508 e. The molecule has 0 aliphatic carbocycles. The smallest absolute Gasteiger partial charge is 0.331 e. The van der Waals surface area contributed by atoms with E-state index in [1.807, 2.05) is 6.92 Å². The molecule has 7 atom stereocenters. The number of aliphatic hydroxyl groups excluding tert-OH is 3. The lowest BCUT2D eigenvalue weighted by molar-refractivity contribution is -0.226. The number of aliphatic hydroxyl groups is 3. The van der Waals surface area contributed by atoms with Crippen molar-refractivity contribution >= 4 is 11.9 Å². The second kappa shape index (κ2) is 11.4. The van der Waals surface area contributed by atoms with E-state index < -0.39 is 54.5 Å². The zero-order valence-electron chi connectivity index (χ0n) is 17.7. The summed E-state index contributed by atoms with van der Waals surface area (Å²) < 4.78 is 10.7. The molecular weight excluding hydrogens is 408 g/mol. The number of carbonyl (C=O) groups excluding carboxylic acids is 2. The number of phenols is 1. The Balaban J connectivity index is 2.14. The fraction of sp³-hybridized carbons (Fsp3) is 0.619. The molecule has 174 valence electrons. The van der Waals surface area contributed by atoms with Crippen molar-refractivity contribution in [2.75, 3.05) is 6.61 Å². The van der Waals surface area contributed by atoms with Crippen molar-refractivity contribution in [3.05, 3.63) is 29.8 Å². The third-order valence-corrected chi connectivity index (χ3v) is 5.24. The van der Waals surface area contributed by atoms with E-state index >= 15 is 0 Å². The van der Waals surface area contributed by atoms with Crippen LogP contribution >= 0.6 is 0 Å². The van der Waals surface area contributed by atoms with Gasteiger partial charge in [-0.15, -0.1) is 0 Å². The number of esters is 1. The lowest BCUT2D eigenvalue weighted by atomic mass is 9.91. The number of amides is 1. The molecule has 1 aromatic carbocycles. The van der Waals surface area contributed by atoms with E-state index in [2.05, 4.69) is 5.32 Å². The molecule has 10 heteroatoms. The van der Waals surface area contributed by atoms with Gasteiger partial charge < -0.3 is 41.0 Å². The van der Waals surface area contributed by atoms with Crippen LogP contribution in [0.25, 0.3) is 0 Å². The van der Waals surface area contributed by atoms with Gasteiger partial charge in [-0.3, -0.25) is 4.79 Å². The Morgan fingerprint density at radius 3 is 2.42 bits per heavy atom. The summed E-state index contributed by atoms with van der Waals surface area (Å²) in [7, 11) is 0. The van der Waals surface area contributed by atoms with Gasteiger partial charge in [-0.2, -0.15) is 0 Å². The Hall–Kier alpha value is -2.24. The van der Waals surface area contributed by atoms with Crippen molar-refractivity contribution in [3.63, 3.8) is 0 Å². The van der Waals surface area contributed by atoms with E-state index in [1.54, 1.807) is 12.1 Å². The number of nitrogens with one attached hydrogen (secondary N) is 1. The molecule has 1 aliphatic rings.